The number of rotatable bonds is 22. The van der Waals surface area contributed by atoms with E-state index in [0.717, 1.165) is 32.1 Å². The molecule has 0 radical (unpaired) electrons. The van der Waals surface area contributed by atoms with E-state index in [1.807, 2.05) is 55.4 Å². The highest BCUT2D eigenvalue weighted by Crippen LogP contribution is 2.17. The van der Waals surface area contributed by atoms with Crippen LogP contribution in [0.4, 0.5) is 0 Å². The number of esters is 7. The van der Waals surface area contributed by atoms with Gasteiger partial charge in [-0.25, -0.2) is 0 Å². The second kappa shape index (κ2) is 58.8. The molecule has 0 aromatic carbocycles. The molecule has 0 saturated carbocycles. The molecule has 7 atom stereocenters. The SMILES string of the molecule is CCCC(Br)C(=O)OCC.CCOC(=O)C(Br)C(C)CC.CCOC(=O)C(Br)CC.CCOC(=O)C(C)Br.CCOC(=O)CBr.CCOC(=O)CC(Br)CC.CCOC(=O)CC(C)Br. The van der Waals surface area contributed by atoms with Gasteiger partial charge in [-0.05, 0) is 80.6 Å². The highest BCUT2D eigenvalue weighted by Gasteiger charge is 2.21. The second-order valence-electron chi connectivity index (χ2n) is 12.3. The quantitative estimate of drug-likeness (QED) is 0.0566. The van der Waals surface area contributed by atoms with Crippen molar-refractivity contribution in [3.8, 4) is 0 Å². The van der Waals surface area contributed by atoms with Gasteiger partial charge in [0.2, 0.25) is 0 Å². The van der Waals surface area contributed by atoms with Crippen molar-refractivity contribution >= 4 is 153 Å². The first kappa shape index (κ1) is 77.8. The molecule has 7 unspecified atom stereocenters. The summed E-state index contributed by atoms with van der Waals surface area (Å²) in [6, 6.07) is 0. The van der Waals surface area contributed by atoms with Gasteiger partial charge in [-0.1, -0.05) is 166 Å². The number of halogens is 7. The lowest BCUT2D eigenvalue weighted by Gasteiger charge is -2.14. The lowest BCUT2D eigenvalue weighted by atomic mass is 10.1. The Kier molecular flexibility index (Phi) is 71.5. The van der Waals surface area contributed by atoms with Gasteiger partial charge < -0.3 is 33.2 Å². The van der Waals surface area contributed by atoms with Crippen LogP contribution in [-0.4, -0.2) is 122 Å². The lowest BCUT2D eigenvalue weighted by molar-refractivity contribution is -0.144. The molecule has 0 spiro atoms. The summed E-state index contributed by atoms with van der Waals surface area (Å²) in [6.07, 6.45) is 5.48. The first-order valence-electron chi connectivity index (χ1n) is 21.5. The van der Waals surface area contributed by atoms with Crippen LogP contribution in [0, 0.1) is 5.92 Å². The van der Waals surface area contributed by atoms with Gasteiger partial charge in [-0.3, -0.25) is 33.6 Å². The zero-order valence-corrected chi connectivity index (χ0v) is 51.6. The Hall–Kier alpha value is -0.350. The summed E-state index contributed by atoms with van der Waals surface area (Å²) in [5.74, 6) is -0.789. The molecule has 0 aromatic rings. The fourth-order valence-corrected chi connectivity index (χ4v) is 5.17. The van der Waals surface area contributed by atoms with Gasteiger partial charge in [0.1, 0.15) is 24.6 Å². The normalized spacial score (nSPS) is 12.8. The Bertz CT molecular complexity index is 1140. The molecule has 14 nitrogen and oxygen atoms in total. The number of carbonyl (C=O) groups excluding carboxylic acids is 7. The maximum atomic E-state index is 11.1. The maximum absolute atomic E-state index is 11.1. The third-order valence-electron chi connectivity index (χ3n) is 6.56. The monoisotopic (exact) mass is 1370 g/mol. The van der Waals surface area contributed by atoms with E-state index in [0.29, 0.717) is 70.3 Å². The van der Waals surface area contributed by atoms with E-state index in [2.05, 4.69) is 133 Å². The number of hydrogen-bond donors (Lipinski definition) is 0. The van der Waals surface area contributed by atoms with Gasteiger partial charge in [0, 0.05) is 9.65 Å². The fourth-order valence-electron chi connectivity index (χ4n) is 3.12. The van der Waals surface area contributed by atoms with Gasteiger partial charge in [0.15, 0.2) is 0 Å². The largest absolute Gasteiger partial charge is 0.466 e. The Morgan fingerprint density at radius 1 is 0.422 bits per heavy atom. The molecule has 0 fully saturated rings. The standard InChI is InChI=1S/C8H15BrO2.2C7H13BrO2.2C6H11BrO2.C5H9BrO2.C4H7BrO2/c1-4-6(3)7(9)8(10)11-5-2;1-3-6(8)5-7(9)10-4-2;1-3-5-6(8)7(9)10-4-2;1-3-9-6(8)4-5(2)7;1-3-5(7)6(8)9-4-2;1-3-8-5(7)4(2)6;1-2-7-4(6)3-5/h6-7H,4-5H2,1-3H3;2*6H,3-5H2,1-2H3;2*5H,3-4H2,1-2H3;4H,3H2,1-2H3;2-3H2,1H3. The van der Waals surface area contributed by atoms with E-state index < -0.39 is 0 Å². The first-order chi connectivity index (χ1) is 29.9. The van der Waals surface area contributed by atoms with Gasteiger partial charge >= 0.3 is 41.8 Å². The van der Waals surface area contributed by atoms with Crippen LogP contribution in [0.2, 0.25) is 0 Å². The van der Waals surface area contributed by atoms with E-state index in [4.69, 9.17) is 18.9 Å². The molecule has 0 aliphatic heterocycles. The van der Waals surface area contributed by atoms with Crippen LogP contribution in [-0.2, 0) is 66.7 Å². The molecule has 0 heterocycles. The average molecular weight is 1380 g/mol. The molecule has 21 heteroatoms. The van der Waals surface area contributed by atoms with Gasteiger partial charge in [0.25, 0.3) is 0 Å². The number of hydrogen-bond acceptors (Lipinski definition) is 14. The molecular formula is C43H79Br7O14. The fraction of sp³-hybridized carbons (Fsp3) is 0.837. The molecule has 384 valence electrons. The predicted octanol–water partition coefficient (Wildman–Crippen LogP) is 12.3. The summed E-state index contributed by atoms with van der Waals surface area (Å²) in [6.45, 7) is 29.6. The number of carbonyl (C=O) groups is 7. The van der Waals surface area contributed by atoms with Crippen LogP contribution in [0.25, 0.3) is 0 Å². The van der Waals surface area contributed by atoms with E-state index in [9.17, 15) is 33.6 Å². The van der Waals surface area contributed by atoms with Crippen LogP contribution in [0.5, 0.6) is 0 Å². The predicted molar refractivity (Wildman–Crippen MR) is 282 cm³/mol. The summed E-state index contributed by atoms with van der Waals surface area (Å²) >= 11 is 22.3. The van der Waals surface area contributed by atoms with E-state index in [1.165, 1.54) is 0 Å². The van der Waals surface area contributed by atoms with Crippen molar-refractivity contribution in [2.24, 2.45) is 5.92 Å². The minimum Gasteiger partial charge on any atom is -0.466 e. The molecule has 64 heavy (non-hydrogen) atoms. The average Bonchev–Trinajstić information content (AvgIpc) is 3.24. The number of alkyl halides is 7. The highest BCUT2D eigenvalue weighted by atomic mass is 79.9. The number of ether oxygens (including phenoxy) is 7. The lowest BCUT2D eigenvalue weighted by Crippen LogP contribution is -2.23. The Balaban J connectivity index is -0.000000119. The van der Waals surface area contributed by atoms with Crippen LogP contribution in [0.1, 0.15) is 142 Å². The summed E-state index contributed by atoms with van der Waals surface area (Å²) in [7, 11) is 0. The molecule has 0 aliphatic carbocycles. The minimum absolute atomic E-state index is 0.113. The van der Waals surface area contributed by atoms with E-state index in [1.54, 1.807) is 34.6 Å². The Morgan fingerprint density at radius 3 is 1.06 bits per heavy atom. The smallest absolute Gasteiger partial charge is 0.319 e. The molecule has 0 rings (SSSR count). The molecule has 0 amide bonds. The Labute approximate surface area is 444 Å². The molecule has 0 aromatic heterocycles. The van der Waals surface area contributed by atoms with Crippen molar-refractivity contribution in [2.45, 2.75) is 171 Å². The summed E-state index contributed by atoms with van der Waals surface area (Å²) in [5, 5.41) is 0.292. The zero-order chi connectivity index (χ0) is 51.6. The van der Waals surface area contributed by atoms with Crippen molar-refractivity contribution in [2.75, 3.05) is 51.6 Å². The molecule has 0 aliphatic rings. The summed E-state index contributed by atoms with van der Waals surface area (Å²) < 4.78 is 32.9. The maximum Gasteiger partial charge on any atom is 0.319 e. The molecule has 0 saturated heterocycles. The molecular weight excluding hydrogens is 1300 g/mol. The zero-order valence-electron chi connectivity index (χ0n) is 40.5. The summed E-state index contributed by atoms with van der Waals surface area (Å²) in [4.78, 5) is 74.5. The third-order valence-corrected chi connectivity index (χ3v) is 11.8. The summed E-state index contributed by atoms with van der Waals surface area (Å²) in [5.41, 5.74) is 0. The first-order valence-corrected chi connectivity index (χ1v) is 28.1. The van der Waals surface area contributed by atoms with Crippen molar-refractivity contribution in [3.63, 3.8) is 0 Å². The molecule has 0 bridgehead atoms. The van der Waals surface area contributed by atoms with Gasteiger partial charge in [-0.15, -0.1) is 0 Å². The van der Waals surface area contributed by atoms with Crippen molar-refractivity contribution < 1.29 is 66.7 Å². The van der Waals surface area contributed by atoms with Crippen LogP contribution in [0.3, 0.4) is 0 Å². The van der Waals surface area contributed by atoms with Gasteiger partial charge in [-0.2, -0.15) is 0 Å². The van der Waals surface area contributed by atoms with Crippen molar-refractivity contribution in [3.05, 3.63) is 0 Å². The van der Waals surface area contributed by atoms with Crippen molar-refractivity contribution in [1.82, 2.24) is 0 Å². The minimum atomic E-state index is -0.206. The van der Waals surface area contributed by atoms with Gasteiger partial charge in [0.05, 0.1) is 59.1 Å². The third kappa shape index (κ3) is 63.7. The van der Waals surface area contributed by atoms with Crippen LogP contribution >= 0.6 is 112 Å². The molecule has 0 N–H and O–H groups in total. The highest BCUT2D eigenvalue weighted by molar-refractivity contribution is 9.10. The van der Waals surface area contributed by atoms with Crippen LogP contribution in [0.15, 0.2) is 0 Å². The Morgan fingerprint density at radius 2 is 0.781 bits per heavy atom. The second-order valence-corrected chi connectivity index (χ2v) is 20.3. The topological polar surface area (TPSA) is 184 Å². The van der Waals surface area contributed by atoms with Crippen molar-refractivity contribution in [1.29, 1.82) is 0 Å². The van der Waals surface area contributed by atoms with Crippen LogP contribution < -0.4 is 0 Å². The van der Waals surface area contributed by atoms with E-state index >= 15 is 0 Å². The van der Waals surface area contributed by atoms with E-state index in [-0.39, 0.29) is 70.7 Å².